The van der Waals surface area contributed by atoms with Crippen LogP contribution < -0.4 is 9.46 Å². The number of rotatable bonds is 11. The molecule has 1 aliphatic heterocycles. The van der Waals surface area contributed by atoms with Crippen molar-refractivity contribution in [1.29, 1.82) is 0 Å². The van der Waals surface area contributed by atoms with Gasteiger partial charge in [0.15, 0.2) is 0 Å². The van der Waals surface area contributed by atoms with E-state index < -0.39 is 10.0 Å². The van der Waals surface area contributed by atoms with Crippen molar-refractivity contribution in [3.8, 4) is 5.75 Å². The first kappa shape index (κ1) is 27.7. The van der Waals surface area contributed by atoms with Crippen LogP contribution in [0.2, 0.25) is 0 Å². The fraction of sp³-hybridized carbons (Fsp3) is 0.367. The van der Waals surface area contributed by atoms with Gasteiger partial charge in [-0.15, -0.1) is 0 Å². The topological polar surface area (TPSA) is 79.0 Å². The molecule has 1 fully saturated rings. The van der Waals surface area contributed by atoms with E-state index in [0.717, 1.165) is 37.0 Å². The van der Waals surface area contributed by atoms with E-state index in [1.165, 1.54) is 6.42 Å². The molecule has 1 N–H and O–H groups in total. The predicted octanol–water partition coefficient (Wildman–Crippen LogP) is 4.72. The summed E-state index contributed by atoms with van der Waals surface area (Å²) >= 11 is 0. The van der Waals surface area contributed by atoms with Crippen LogP contribution in [0.25, 0.3) is 0 Å². The van der Waals surface area contributed by atoms with E-state index in [-0.39, 0.29) is 18.4 Å². The SMILES string of the molecule is C[C@H]1CCN(C[C@H](c2ccccc2)N(C)C(=O)Cc2ccc(OCc3ccccc3)c(NS(C)(=O)=O)c2)C1. The van der Waals surface area contributed by atoms with Gasteiger partial charge in [0.2, 0.25) is 15.9 Å². The molecular formula is C30H37N3O4S. The predicted molar refractivity (Wildman–Crippen MR) is 152 cm³/mol. The number of likely N-dealkylation sites (N-methyl/N-ethyl adjacent to an activating group) is 1. The number of anilines is 1. The van der Waals surface area contributed by atoms with Gasteiger partial charge in [0.1, 0.15) is 12.4 Å². The monoisotopic (exact) mass is 535 g/mol. The number of sulfonamides is 1. The normalized spacial score (nSPS) is 16.7. The zero-order valence-corrected chi connectivity index (χ0v) is 23.2. The Kier molecular flexibility index (Phi) is 9.07. The molecule has 2 atom stereocenters. The third kappa shape index (κ3) is 7.82. The van der Waals surface area contributed by atoms with E-state index in [4.69, 9.17) is 4.74 Å². The summed E-state index contributed by atoms with van der Waals surface area (Å²) in [6, 6.07) is 24.9. The summed E-state index contributed by atoms with van der Waals surface area (Å²) in [5.41, 5.74) is 3.11. The number of carbonyl (C=O) groups is 1. The molecule has 38 heavy (non-hydrogen) atoms. The summed E-state index contributed by atoms with van der Waals surface area (Å²) < 4.78 is 32.6. The molecular weight excluding hydrogens is 498 g/mol. The number of hydrogen-bond donors (Lipinski definition) is 1. The lowest BCUT2D eigenvalue weighted by atomic mass is 10.0. The Hall–Kier alpha value is -3.36. The Morgan fingerprint density at radius 2 is 1.74 bits per heavy atom. The van der Waals surface area contributed by atoms with Crippen molar-refractivity contribution < 1.29 is 17.9 Å². The Labute approximate surface area is 226 Å². The molecule has 3 aromatic rings. The van der Waals surface area contributed by atoms with Crippen LogP contribution in [0.5, 0.6) is 5.75 Å². The van der Waals surface area contributed by atoms with E-state index in [2.05, 4.69) is 28.7 Å². The van der Waals surface area contributed by atoms with Crippen LogP contribution in [0.1, 0.15) is 36.1 Å². The van der Waals surface area contributed by atoms with Gasteiger partial charge in [0.05, 0.1) is 24.4 Å². The van der Waals surface area contributed by atoms with Crippen LogP contribution in [0.3, 0.4) is 0 Å². The second kappa shape index (κ2) is 12.5. The second-order valence-electron chi connectivity index (χ2n) is 10.2. The molecule has 0 aliphatic carbocycles. The van der Waals surface area contributed by atoms with Crippen LogP contribution in [0, 0.1) is 5.92 Å². The van der Waals surface area contributed by atoms with Gasteiger partial charge in [0.25, 0.3) is 0 Å². The van der Waals surface area contributed by atoms with Gasteiger partial charge in [0, 0.05) is 20.1 Å². The van der Waals surface area contributed by atoms with Crippen molar-refractivity contribution in [2.45, 2.75) is 32.4 Å². The summed E-state index contributed by atoms with van der Waals surface area (Å²) in [5, 5.41) is 0. The molecule has 1 saturated heterocycles. The molecule has 0 bridgehead atoms. The lowest BCUT2D eigenvalue weighted by Crippen LogP contribution is -2.39. The first-order valence-electron chi connectivity index (χ1n) is 13.0. The highest BCUT2D eigenvalue weighted by molar-refractivity contribution is 7.92. The van der Waals surface area contributed by atoms with Crippen molar-refractivity contribution in [1.82, 2.24) is 9.80 Å². The molecule has 0 radical (unpaired) electrons. The number of nitrogens with zero attached hydrogens (tertiary/aromatic N) is 2. The Balaban J connectivity index is 1.51. The summed E-state index contributed by atoms with van der Waals surface area (Å²) in [6.45, 7) is 5.42. The Morgan fingerprint density at radius 3 is 2.37 bits per heavy atom. The van der Waals surface area contributed by atoms with Crippen LogP contribution in [-0.4, -0.2) is 57.1 Å². The van der Waals surface area contributed by atoms with Crippen molar-refractivity contribution in [2.24, 2.45) is 5.92 Å². The lowest BCUT2D eigenvalue weighted by Gasteiger charge is -2.32. The van der Waals surface area contributed by atoms with E-state index in [1.807, 2.05) is 66.5 Å². The number of carbonyl (C=O) groups excluding carboxylic acids is 1. The maximum atomic E-state index is 13.5. The van der Waals surface area contributed by atoms with E-state index >= 15 is 0 Å². The van der Waals surface area contributed by atoms with Crippen molar-refractivity contribution in [2.75, 3.05) is 37.7 Å². The summed E-state index contributed by atoms with van der Waals surface area (Å²) in [5.74, 6) is 1.04. The molecule has 0 unspecified atom stereocenters. The van der Waals surface area contributed by atoms with E-state index in [0.29, 0.717) is 29.5 Å². The first-order chi connectivity index (χ1) is 18.2. The minimum atomic E-state index is -3.54. The highest BCUT2D eigenvalue weighted by Gasteiger charge is 2.27. The number of benzene rings is 3. The van der Waals surface area contributed by atoms with E-state index in [1.54, 1.807) is 12.1 Å². The maximum Gasteiger partial charge on any atom is 0.229 e. The Morgan fingerprint density at radius 1 is 1.05 bits per heavy atom. The zero-order valence-electron chi connectivity index (χ0n) is 22.3. The summed E-state index contributed by atoms with van der Waals surface area (Å²) in [7, 11) is -1.69. The van der Waals surface area contributed by atoms with Gasteiger partial charge in [-0.2, -0.15) is 0 Å². The van der Waals surface area contributed by atoms with Crippen LogP contribution >= 0.6 is 0 Å². The van der Waals surface area contributed by atoms with Gasteiger partial charge in [-0.1, -0.05) is 73.7 Å². The highest BCUT2D eigenvalue weighted by Crippen LogP contribution is 2.29. The van der Waals surface area contributed by atoms with Crippen molar-refractivity contribution in [3.63, 3.8) is 0 Å². The molecule has 0 saturated carbocycles. The van der Waals surface area contributed by atoms with Gasteiger partial charge in [-0.05, 0) is 47.7 Å². The number of amides is 1. The van der Waals surface area contributed by atoms with Gasteiger partial charge in [-0.3, -0.25) is 9.52 Å². The van der Waals surface area contributed by atoms with Crippen molar-refractivity contribution >= 4 is 21.6 Å². The third-order valence-electron chi connectivity index (χ3n) is 6.92. The van der Waals surface area contributed by atoms with Gasteiger partial charge < -0.3 is 14.5 Å². The molecule has 0 spiro atoms. The van der Waals surface area contributed by atoms with E-state index in [9.17, 15) is 13.2 Å². The minimum absolute atomic E-state index is 0.0330. The summed E-state index contributed by atoms with van der Waals surface area (Å²) in [4.78, 5) is 17.7. The smallest absolute Gasteiger partial charge is 0.229 e. The molecule has 1 heterocycles. The molecule has 1 amide bonds. The summed E-state index contributed by atoms with van der Waals surface area (Å²) in [6.07, 6.45) is 2.42. The minimum Gasteiger partial charge on any atom is -0.487 e. The zero-order chi connectivity index (χ0) is 27.1. The van der Waals surface area contributed by atoms with Crippen LogP contribution in [0.4, 0.5) is 5.69 Å². The maximum absolute atomic E-state index is 13.5. The number of likely N-dealkylation sites (tertiary alicyclic amines) is 1. The third-order valence-corrected chi connectivity index (χ3v) is 7.51. The van der Waals surface area contributed by atoms with Gasteiger partial charge >= 0.3 is 0 Å². The largest absolute Gasteiger partial charge is 0.487 e. The molecule has 202 valence electrons. The molecule has 3 aromatic carbocycles. The fourth-order valence-corrected chi connectivity index (χ4v) is 5.42. The quantitative estimate of drug-likeness (QED) is 0.384. The lowest BCUT2D eigenvalue weighted by molar-refractivity contribution is -0.131. The molecule has 7 nitrogen and oxygen atoms in total. The molecule has 8 heteroatoms. The Bertz CT molecular complexity index is 1320. The average Bonchev–Trinajstić information content (AvgIpc) is 3.31. The number of hydrogen-bond acceptors (Lipinski definition) is 5. The van der Waals surface area contributed by atoms with Crippen molar-refractivity contribution in [3.05, 3.63) is 95.6 Å². The standard InChI is InChI=1S/C30H37N3O4S/c1-23-16-17-33(20-23)21-28(26-12-8-5-9-13-26)32(2)30(34)19-25-14-15-29(27(18-25)31-38(3,35)36)37-22-24-10-6-4-7-11-24/h4-15,18,23,28,31H,16-17,19-22H2,1-3H3/t23-,28+/m0/s1. The van der Waals surface area contributed by atoms with Crippen LogP contribution in [0.15, 0.2) is 78.9 Å². The average molecular weight is 536 g/mol. The molecule has 0 aromatic heterocycles. The number of nitrogens with one attached hydrogen (secondary N) is 1. The second-order valence-corrected chi connectivity index (χ2v) is 12.0. The molecule has 4 rings (SSSR count). The van der Waals surface area contributed by atoms with Crippen LogP contribution in [-0.2, 0) is 27.8 Å². The number of ether oxygens (including phenoxy) is 1. The fourth-order valence-electron chi connectivity index (χ4n) is 4.86. The highest BCUT2D eigenvalue weighted by atomic mass is 32.2. The van der Waals surface area contributed by atoms with Gasteiger partial charge in [-0.25, -0.2) is 8.42 Å². The first-order valence-corrected chi connectivity index (χ1v) is 14.9. The molecule has 1 aliphatic rings.